The molecule has 0 fully saturated rings. The van der Waals surface area contributed by atoms with Crippen molar-refractivity contribution in [2.24, 2.45) is 5.14 Å². The number of halogens is 2. The Bertz CT molecular complexity index is 1090. The van der Waals surface area contributed by atoms with Gasteiger partial charge in [-0.15, -0.1) is 0 Å². The fourth-order valence-corrected chi connectivity index (χ4v) is 4.29. The molecule has 1 aliphatic rings. The van der Waals surface area contributed by atoms with E-state index in [0.717, 1.165) is 0 Å². The van der Waals surface area contributed by atoms with Crippen LogP contribution in [0.3, 0.4) is 0 Å². The minimum absolute atomic E-state index is 0.0102. The van der Waals surface area contributed by atoms with Crippen molar-refractivity contribution in [3.05, 3.63) is 57.6 Å². The number of nitrogens with two attached hydrogens (primary N) is 1. The maximum atomic E-state index is 12.6. The number of hydrogen-bond donors (Lipinski definition) is 1. The zero-order chi connectivity index (χ0) is 21.3. The van der Waals surface area contributed by atoms with Crippen molar-refractivity contribution in [3.63, 3.8) is 0 Å². The van der Waals surface area contributed by atoms with Crippen molar-refractivity contribution in [3.8, 4) is 0 Å². The molecule has 1 atom stereocenters. The number of benzene rings is 2. The van der Waals surface area contributed by atoms with Crippen molar-refractivity contribution in [2.45, 2.75) is 30.7 Å². The molecule has 3 rings (SSSR count). The lowest BCUT2D eigenvalue weighted by molar-refractivity contribution is -0.147. The number of nitrogens with zero attached hydrogens (tertiary/aromatic N) is 1. The lowest BCUT2D eigenvalue weighted by Crippen LogP contribution is -2.38. The summed E-state index contributed by atoms with van der Waals surface area (Å²) in [5, 5.41) is 5.96. The van der Waals surface area contributed by atoms with Gasteiger partial charge in [0.2, 0.25) is 10.0 Å². The third kappa shape index (κ3) is 4.90. The Morgan fingerprint density at radius 1 is 1.21 bits per heavy atom. The smallest absolute Gasteiger partial charge is 0.310 e. The second-order valence-corrected chi connectivity index (χ2v) is 9.13. The molecule has 0 aliphatic carbocycles. The van der Waals surface area contributed by atoms with Crippen molar-refractivity contribution >= 4 is 50.8 Å². The monoisotopic (exact) mass is 456 g/mol. The van der Waals surface area contributed by atoms with E-state index in [1.54, 1.807) is 12.1 Å². The molecule has 1 unspecified atom stereocenters. The predicted octanol–water partition coefficient (Wildman–Crippen LogP) is 2.70. The minimum Gasteiger partial charge on any atom is -0.455 e. The molecular formula is C19H18Cl2N2O5S. The first-order valence-electron chi connectivity index (χ1n) is 8.63. The number of ether oxygens (including phenoxy) is 1. The van der Waals surface area contributed by atoms with Crippen LogP contribution in [0.5, 0.6) is 0 Å². The predicted molar refractivity (Wildman–Crippen MR) is 110 cm³/mol. The molecule has 2 aromatic rings. The fourth-order valence-electron chi connectivity index (χ4n) is 3.25. The van der Waals surface area contributed by atoms with Crippen molar-refractivity contribution in [1.29, 1.82) is 0 Å². The first-order chi connectivity index (χ1) is 13.6. The largest absolute Gasteiger partial charge is 0.455 e. The van der Waals surface area contributed by atoms with Crippen LogP contribution in [0, 0.1) is 0 Å². The van der Waals surface area contributed by atoms with E-state index < -0.39 is 28.5 Å². The van der Waals surface area contributed by atoms with Crippen molar-refractivity contribution in [2.75, 3.05) is 11.5 Å². The quantitative estimate of drug-likeness (QED) is 0.695. The van der Waals surface area contributed by atoms with E-state index in [0.29, 0.717) is 33.3 Å². The zero-order valence-corrected chi connectivity index (χ0v) is 17.7. The number of esters is 1. The summed E-state index contributed by atoms with van der Waals surface area (Å²) in [7, 11) is -3.83. The maximum absolute atomic E-state index is 12.6. The number of rotatable bonds is 5. The van der Waals surface area contributed by atoms with Gasteiger partial charge in [0.05, 0.1) is 11.3 Å². The van der Waals surface area contributed by atoms with Gasteiger partial charge in [0, 0.05) is 21.8 Å². The molecule has 1 amide bonds. The molecule has 10 heteroatoms. The molecule has 2 N–H and O–H groups in total. The SMILES string of the molecule is CC1Cc2cc(S(N)(=O)=O)ccc2N1C(=O)COC(=O)Cc1ccc(Cl)cc1Cl. The van der Waals surface area contributed by atoms with Crippen LogP contribution < -0.4 is 10.0 Å². The molecule has 0 saturated heterocycles. The Morgan fingerprint density at radius 2 is 1.93 bits per heavy atom. The van der Waals surface area contributed by atoms with Crippen molar-refractivity contribution in [1.82, 2.24) is 0 Å². The molecule has 2 aromatic carbocycles. The summed E-state index contributed by atoms with van der Waals surface area (Å²) in [4.78, 5) is 26.2. The van der Waals surface area contributed by atoms with Crippen LogP contribution >= 0.6 is 23.2 Å². The van der Waals surface area contributed by atoms with Gasteiger partial charge in [-0.25, -0.2) is 13.6 Å². The summed E-state index contributed by atoms with van der Waals surface area (Å²) in [5.74, 6) is -1.01. The van der Waals surface area contributed by atoms with Crippen LogP contribution in [0.4, 0.5) is 5.69 Å². The molecule has 0 saturated carbocycles. The topological polar surface area (TPSA) is 107 Å². The lowest BCUT2D eigenvalue weighted by Gasteiger charge is -2.22. The van der Waals surface area contributed by atoms with Crippen LogP contribution in [0.1, 0.15) is 18.1 Å². The molecule has 0 bridgehead atoms. The van der Waals surface area contributed by atoms with E-state index in [-0.39, 0.29) is 17.4 Å². The van der Waals surface area contributed by atoms with Gasteiger partial charge in [0.25, 0.3) is 5.91 Å². The van der Waals surface area contributed by atoms with E-state index in [1.165, 1.54) is 29.2 Å². The molecule has 0 radical (unpaired) electrons. The van der Waals surface area contributed by atoms with E-state index >= 15 is 0 Å². The Labute approximate surface area is 178 Å². The number of sulfonamides is 1. The Morgan fingerprint density at radius 3 is 2.59 bits per heavy atom. The first kappa shape index (κ1) is 21.6. The number of amides is 1. The number of primary sulfonamides is 1. The lowest BCUT2D eigenvalue weighted by atomic mass is 10.1. The highest BCUT2D eigenvalue weighted by atomic mass is 35.5. The molecule has 7 nitrogen and oxygen atoms in total. The summed E-state index contributed by atoms with van der Waals surface area (Å²) in [5.41, 5.74) is 1.81. The van der Waals surface area contributed by atoms with Gasteiger partial charge in [-0.2, -0.15) is 0 Å². The van der Waals surface area contributed by atoms with Crippen molar-refractivity contribution < 1.29 is 22.7 Å². The molecule has 1 aliphatic heterocycles. The van der Waals surface area contributed by atoms with Gasteiger partial charge in [-0.1, -0.05) is 29.3 Å². The van der Waals surface area contributed by atoms with Gasteiger partial charge in [-0.3, -0.25) is 9.59 Å². The summed E-state index contributed by atoms with van der Waals surface area (Å²) in [6.45, 7) is 1.38. The number of fused-ring (bicyclic) bond motifs is 1. The molecule has 0 spiro atoms. The van der Waals surface area contributed by atoms with Gasteiger partial charge in [0.1, 0.15) is 0 Å². The Hall–Kier alpha value is -2.13. The van der Waals surface area contributed by atoms with E-state index in [4.69, 9.17) is 33.1 Å². The Kier molecular flexibility index (Phi) is 6.19. The Balaban J connectivity index is 1.66. The van der Waals surface area contributed by atoms with Gasteiger partial charge < -0.3 is 9.64 Å². The zero-order valence-electron chi connectivity index (χ0n) is 15.4. The highest BCUT2D eigenvalue weighted by Crippen LogP contribution is 2.33. The third-order valence-electron chi connectivity index (χ3n) is 4.57. The average Bonchev–Trinajstić information content (AvgIpc) is 2.96. The molecule has 29 heavy (non-hydrogen) atoms. The van der Waals surface area contributed by atoms with Crippen LogP contribution in [-0.4, -0.2) is 32.9 Å². The van der Waals surface area contributed by atoms with Crippen LogP contribution in [0.15, 0.2) is 41.3 Å². The van der Waals surface area contributed by atoms with E-state index in [9.17, 15) is 18.0 Å². The number of carbonyl (C=O) groups excluding carboxylic acids is 2. The van der Waals surface area contributed by atoms with Crippen LogP contribution in [0.2, 0.25) is 10.0 Å². The summed E-state index contributed by atoms with van der Waals surface area (Å²) < 4.78 is 28.2. The number of anilines is 1. The fraction of sp³-hybridized carbons (Fsp3) is 0.263. The summed E-state index contributed by atoms with van der Waals surface area (Å²) in [6, 6.07) is 8.89. The molecule has 0 aromatic heterocycles. The van der Waals surface area contributed by atoms with E-state index in [2.05, 4.69) is 0 Å². The van der Waals surface area contributed by atoms with E-state index in [1.807, 2.05) is 6.92 Å². The standard InChI is InChI=1S/C19H18Cl2N2O5S/c1-11-6-13-7-15(29(22,26)27)4-5-17(13)23(11)18(24)10-28-19(25)8-12-2-3-14(20)9-16(12)21/h2-5,7,9,11H,6,8,10H2,1H3,(H2,22,26,27). The maximum Gasteiger partial charge on any atom is 0.310 e. The first-order valence-corrected chi connectivity index (χ1v) is 10.9. The number of carbonyl (C=O) groups is 2. The minimum atomic E-state index is -3.83. The molecular weight excluding hydrogens is 439 g/mol. The van der Waals surface area contributed by atoms with Gasteiger partial charge >= 0.3 is 5.97 Å². The third-order valence-corrected chi connectivity index (χ3v) is 6.07. The highest BCUT2D eigenvalue weighted by molar-refractivity contribution is 7.89. The second-order valence-electron chi connectivity index (χ2n) is 6.73. The molecule has 1 heterocycles. The van der Waals surface area contributed by atoms with Gasteiger partial charge in [-0.05, 0) is 54.8 Å². The summed E-state index contributed by atoms with van der Waals surface area (Å²) in [6.07, 6.45) is 0.381. The normalized spacial score (nSPS) is 15.9. The van der Waals surface area contributed by atoms with Crippen LogP contribution in [0.25, 0.3) is 0 Å². The number of hydrogen-bond acceptors (Lipinski definition) is 5. The highest BCUT2D eigenvalue weighted by Gasteiger charge is 2.32. The summed E-state index contributed by atoms with van der Waals surface area (Å²) >= 11 is 11.9. The van der Waals surface area contributed by atoms with Gasteiger partial charge in [0.15, 0.2) is 6.61 Å². The second kappa shape index (κ2) is 8.31. The van der Waals surface area contributed by atoms with Crippen LogP contribution in [-0.2, 0) is 37.2 Å². The average molecular weight is 457 g/mol. The molecule has 154 valence electrons.